The lowest BCUT2D eigenvalue weighted by Crippen LogP contribution is -2.36. The highest BCUT2D eigenvalue weighted by Gasteiger charge is 2.22. The molecule has 0 aliphatic heterocycles. The van der Waals surface area contributed by atoms with E-state index < -0.39 is 5.91 Å². The predicted molar refractivity (Wildman–Crippen MR) is 186 cm³/mol. The van der Waals surface area contributed by atoms with E-state index in [0.717, 1.165) is 37.5 Å². The number of rotatable bonds is 11. The molecule has 2 fully saturated rings. The van der Waals surface area contributed by atoms with Gasteiger partial charge < -0.3 is 25.7 Å². The maximum Gasteiger partial charge on any atom is 0.255 e. The van der Waals surface area contributed by atoms with Gasteiger partial charge in [-0.1, -0.05) is 63.8 Å². The molecule has 0 heterocycles. The van der Waals surface area contributed by atoms with Crippen LogP contribution in [0.5, 0.6) is 0 Å². The molecule has 47 heavy (non-hydrogen) atoms. The van der Waals surface area contributed by atoms with Crippen molar-refractivity contribution in [2.75, 3.05) is 36.9 Å². The van der Waals surface area contributed by atoms with Crippen LogP contribution in [0.1, 0.15) is 119 Å². The van der Waals surface area contributed by atoms with Crippen molar-refractivity contribution in [3.05, 3.63) is 94.5 Å². The summed E-state index contributed by atoms with van der Waals surface area (Å²) in [5.74, 6) is 1.48. The molecular weight excluding hydrogens is 590 g/mol. The van der Waals surface area contributed by atoms with Gasteiger partial charge in [0.05, 0.1) is 13.2 Å². The fourth-order valence-corrected chi connectivity index (χ4v) is 7.04. The van der Waals surface area contributed by atoms with Crippen LogP contribution in [0.15, 0.2) is 66.7 Å². The largest absolute Gasteiger partial charge is 0.395 e. The molecule has 0 atom stereocenters. The molecule has 8 heteroatoms. The van der Waals surface area contributed by atoms with Crippen LogP contribution in [0.25, 0.3) is 0 Å². The van der Waals surface area contributed by atoms with Crippen LogP contribution in [-0.2, 0) is 0 Å². The topological polar surface area (TPSA) is 119 Å². The highest BCUT2D eigenvalue weighted by Crippen LogP contribution is 2.36. The van der Waals surface area contributed by atoms with Gasteiger partial charge in [0.15, 0.2) is 0 Å². The number of amides is 3. The summed E-state index contributed by atoms with van der Waals surface area (Å²) in [4.78, 5) is 41.5. The molecule has 0 radical (unpaired) electrons. The summed E-state index contributed by atoms with van der Waals surface area (Å²) in [5, 5.41) is 24.8. The van der Waals surface area contributed by atoms with Crippen molar-refractivity contribution in [1.82, 2.24) is 4.90 Å². The number of carbonyl (C=O) groups excluding carboxylic acids is 3. The molecule has 0 bridgehead atoms. The Morgan fingerprint density at radius 3 is 1.34 bits per heavy atom. The van der Waals surface area contributed by atoms with Gasteiger partial charge in [-0.25, -0.2) is 0 Å². The van der Waals surface area contributed by atoms with Crippen LogP contribution >= 0.6 is 0 Å². The molecule has 2 aliphatic rings. The number of carbonyl (C=O) groups is 3. The first-order chi connectivity index (χ1) is 22.7. The summed E-state index contributed by atoms with van der Waals surface area (Å²) < 4.78 is 0. The van der Waals surface area contributed by atoms with Crippen LogP contribution in [0.2, 0.25) is 0 Å². The van der Waals surface area contributed by atoms with Crippen LogP contribution in [-0.4, -0.2) is 59.1 Å². The number of nitrogens with zero attached hydrogens (tertiary/aromatic N) is 1. The zero-order chi connectivity index (χ0) is 33.3. The van der Waals surface area contributed by atoms with Crippen molar-refractivity contribution in [2.45, 2.75) is 77.0 Å². The van der Waals surface area contributed by atoms with E-state index in [2.05, 4.69) is 24.5 Å². The van der Waals surface area contributed by atoms with Gasteiger partial charge in [-0.05, 0) is 103 Å². The monoisotopic (exact) mass is 639 g/mol. The zero-order valence-corrected chi connectivity index (χ0v) is 27.7. The standard InChI is InChI=1S/C39H49N3O5/c1-26-3-7-28(8-4-26)30-11-15-32(16-12-30)37(45)40-35-23-34(39(47)42(19-21-43)20-22-44)24-36(25-35)41-38(46)33-17-13-31(14-18-33)29-9-5-27(2)6-10-29/h11-18,23-29,43-44H,3-10,19-22H2,1-2H3,(H,40,45)(H,41,46). The number of aliphatic hydroxyl groups is 2. The van der Waals surface area contributed by atoms with Crippen LogP contribution < -0.4 is 10.6 Å². The number of anilines is 2. The molecule has 0 unspecified atom stereocenters. The molecule has 250 valence electrons. The summed E-state index contributed by atoms with van der Waals surface area (Å²) in [7, 11) is 0. The third kappa shape index (κ3) is 9.08. The van der Waals surface area contributed by atoms with Gasteiger partial charge in [0.2, 0.25) is 0 Å². The van der Waals surface area contributed by atoms with Gasteiger partial charge in [0.1, 0.15) is 0 Å². The minimum Gasteiger partial charge on any atom is -0.395 e. The summed E-state index contributed by atoms with van der Waals surface area (Å²) in [6, 6.07) is 20.2. The van der Waals surface area contributed by atoms with E-state index in [1.807, 2.05) is 48.5 Å². The maximum atomic E-state index is 13.4. The van der Waals surface area contributed by atoms with Crippen molar-refractivity contribution in [3.63, 3.8) is 0 Å². The summed E-state index contributed by atoms with van der Waals surface area (Å²) in [6.45, 7) is 4.14. The Hall–Kier alpha value is -4.01. The zero-order valence-electron chi connectivity index (χ0n) is 27.7. The molecule has 8 nitrogen and oxygen atoms in total. The first-order valence-corrected chi connectivity index (χ1v) is 17.2. The van der Waals surface area contributed by atoms with E-state index in [-0.39, 0.29) is 43.7 Å². The van der Waals surface area contributed by atoms with E-state index in [1.54, 1.807) is 18.2 Å². The third-order valence-electron chi connectivity index (χ3n) is 10.0. The number of hydrogen-bond donors (Lipinski definition) is 4. The summed E-state index contributed by atoms with van der Waals surface area (Å²) in [5.41, 5.74) is 4.39. The highest BCUT2D eigenvalue weighted by atomic mass is 16.3. The fraction of sp³-hybridized carbons (Fsp3) is 0.462. The second-order valence-electron chi connectivity index (χ2n) is 13.6. The summed E-state index contributed by atoms with van der Waals surface area (Å²) in [6.07, 6.45) is 9.54. The van der Waals surface area contributed by atoms with Gasteiger partial charge in [0.25, 0.3) is 17.7 Å². The summed E-state index contributed by atoms with van der Waals surface area (Å²) >= 11 is 0. The van der Waals surface area contributed by atoms with Gasteiger partial charge in [0, 0.05) is 41.2 Å². The number of nitrogens with one attached hydrogen (secondary N) is 2. The predicted octanol–water partition coefficient (Wildman–Crippen LogP) is 7.21. The third-order valence-corrected chi connectivity index (χ3v) is 10.0. The molecular formula is C39H49N3O5. The molecule has 5 rings (SSSR count). The Morgan fingerprint density at radius 2 is 0.979 bits per heavy atom. The molecule has 0 spiro atoms. The molecule has 3 aromatic carbocycles. The Bertz CT molecular complexity index is 1400. The molecule has 3 aromatic rings. The van der Waals surface area contributed by atoms with Crippen LogP contribution in [0.3, 0.4) is 0 Å². The first kappa shape index (κ1) is 34.3. The Morgan fingerprint density at radius 1 is 0.596 bits per heavy atom. The van der Waals surface area contributed by atoms with Gasteiger partial charge >= 0.3 is 0 Å². The molecule has 2 aliphatic carbocycles. The van der Waals surface area contributed by atoms with Gasteiger partial charge in [-0.15, -0.1) is 0 Å². The number of hydrogen-bond acceptors (Lipinski definition) is 5. The van der Waals surface area contributed by atoms with Crippen molar-refractivity contribution in [1.29, 1.82) is 0 Å². The highest BCUT2D eigenvalue weighted by molar-refractivity contribution is 6.08. The molecule has 2 saturated carbocycles. The van der Waals surface area contributed by atoms with Crippen molar-refractivity contribution in [2.24, 2.45) is 11.8 Å². The first-order valence-electron chi connectivity index (χ1n) is 17.2. The van der Waals surface area contributed by atoms with Gasteiger partial charge in [-0.3, -0.25) is 14.4 Å². The maximum absolute atomic E-state index is 13.4. The van der Waals surface area contributed by atoms with E-state index >= 15 is 0 Å². The molecule has 0 saturated heterocycles. The SMILES string of the molecule is CC1CCC(c2ccc(C(=O)Nc3cc(NC(=O)c4ccc(C5CCC(C)CC5)cc4)cc(C(=O)N(CCO)CCO)c3)cc2)CC1. The Kier molecular flexibility index (Phi) is 11.8. The van der Waals surface area contributed by atoms with Crippen LogP contribution in [0, 0.1) is 11.8 Å². The second kappa shape index (κ2) is 16.2. The number of benzene rings is 3. The van der Waals surface area contributed by atoms with Gasteiger partial charge in [-0.2, -0.15) is 0 Å². The van der Waals surface area contributed by atoms with E-state index in [1.165, 1.54) is 41.7 Å². The Balaban J connectivity index is 1.33. The number of aliphatic hydroxyl groups excluding tert-OH is 2. The quantitative estimate of drug-likeness (QED) is 0.177. The average molecular weight is 640 g/mol. The van der Waals surface area contributed by atoms with Crippen molar-refractivity contribution >= 4 is 29.1 Å². The van der Waals surface area contributed by atoms with Crippen molar-refractivity contribution in [3.8, 4) is 0 Å². The van der Waals surface area contributed by atoms with Crippen molar-refractivity contribution < 1.29 is 24.6 Å². The molecule has 4 N–H and O–H groups in total. The lowest BCUT2D eigenvalue weighted by molar-refractivity contribution is 0.0684. The normalized spacial score (nSPS) is 21.1. The lowest BCUT2D eigenvalue weighted by Gasteiger charge is -2.26. The minimum atomic E-state index is -0.433. The Labute approximate surface area is 278 Å². The van der Waals surface area contributed by atoms with E-state index in [4.69, 9.17) is 0 Å². The average Bonchev–Trinajstić information content (AvgIpc) is 3.08. The minimum absolute atomic E-state index is 0.0379. The molecule has 3 amide bonds. The van der Waals surface area contributed by atoms with Crippen LogP contribution in [0.4, 0.5) is 11.4 Å². The molecule has 0 aromatic heterocycles. The van der Waals surface area contributed by atoms with E-state index in [0.29, 0.717) is 34.3 Å². The lowest BCUT2D eigenvalue weighted by atomic mass is 9.79. The second-order valence-corrected chi connectivity index (χ2v) is 13.6. The smallest absolute Gasteiger partial charge is 0.255 e. The van der Waals surface area contributed by atoms with E-state index in [9.17, 15) is 24.6 Å². The fourth-order valence-electron chi connectivity index (χ4n) is 7.04.